The monoisotopic (exact) mass is 376 g/mol. The van der Waals surface area contributed by atoms with Gasteiger partial charge in [0.05, 0.1) is 11.5 Å². The molecule has 2 aromatic carbocycles. The highest BCUT2D eigenvalue weighted by Gasteiger charge is 2.16. The minimum Gasteiger partial charge on any atom is -0.380 e. The van der Waals surface area contributed by atoms with E-state index in [9.17, 15) is 13.2 Å². The van der Waals surface area contributed by atoms with E-state index in [1.807, 2.05) is 19.1 Å². The van der Waals surface area contributed by atoms with Gasteiger partial charge in [0.1, 0.15) is 0 Å². The predicted octanol–water partition coefficient (Wildman–Crippen LogP) is 2.16. The lowest BCUT2D eigenvalue weighted by Gasteiger charge is -2.11. The first kappa shape index (κ1) is 20.1. The van der Waals surface area contributed by atoms with Crippen LogP contribution in [0.5, 0.6) is 0 Å². The van der Waals surface area contributed by atoms with Crippen LogP contribution in [-0.4, -0.2) is 34.5 Å². The number of carbonyl (C=O) groups is 1. The number of rotatable bonds is 8. The molecule has 0 saturated heterocycles. The van der Waals surface area contributed by atoms with Crippen molar-refractivity contribution in [3.05, 3.63) is 64.7 Å². The van der Waals surface area contributed by atoms with Crippen molar-refractivity contribution in [3.8, 4) is 0 Å². The lowest BCUT2D eigenvalue weighted by molar-refractivity contribution is 0.0954. The van der Waals surface area contributed by atoms with E-state index in [1.165, 1.54) is 0 Å². The fourth-order valence-electron chi connectivity index (χ4n) is 2.51. The maximum absolute atomic E-state index is 12.4. The van der Waals surface area contributed by atoms with Crippen LogP contribution in [0.3, 0.4) is 0 Å². The average Bonchev–Trinajstić information content (AvgIpc) is 2.61. The number of methoxy groups -OCH3 is 1. The molecule has 0 atom stereocenters. The van der Waals surface area contributed by atoms with Crippen LogP contribution in [0.15, 0.2) is 47.4 Å². The van der Waals surface area contributed by atoms with Crippen molar-refractivity contribution in [2.75, 3.05) is 20.2 Å². The molecule has 0 spiro atoms. The fraction of sp³-hybridized carbons (Fsp3) is 0.316. The second kappa shape index (κ2) is 8.93. The quantitative estimate of drug-likeness (QED) is 0.692. The average molecular weight is 376 g/mol. The summed E-state index contributed by atoms with van der Waals surface area (Å²) in [5, 5.41) is 2.71. The second-order valence-electron chi connectivity index (χ2n) is 6.06. The number of hydrogen-bond donors (Lipinski definition) is 2. The highest BCUT2D eigenvalue weighted by atomic mass is 32.2. The van der Waals surface area contributed by atoms with Gasteiger partial charge in [0.15, 0.2) is 0 Å². The molecule has 26 heavy (non-hydrogen) atoms. The van der Waals surface area contributed by atoms with E-state index < -0.39 is 10.0 Å². The lowest BCUT2D eigenvalue weighted by atomic mass is 10.1. The van der Waals surface area contributed by atoms with Gasteiger partial charge in [0.25, 0.3) is 5.91 Å². The van der Waals surface area contributed by atoms with E-state index in [2.05, 4.69) is 10.0 Å². The highest BCUT2D eigenvalue weighted by molar-refractivity contribution is 7.89. The molecule has 0 fully saturated rings. The van der Waals surface area contributed by atoms with Crippen LogP contribution in [0.1, 0.15) is 27.0 Å². The molecule has 0 aliphatic rings. The standard InChI is InChI=1S/C19H24N2O4S/c1-14-7-8-15(2)18(11-14)26(23,24)21-10-9-20-19(22)17-6-4-5-16(12-17)13-25-3/h4-8,11-12,21H,9-10,13H2,1-3H3,(H,20,22). The Balaban J connectivity index is 1.90. The van der Waals surface area contributed by atoms with Gasteiger partial charge < -0.3 is 10.1 Å². The van der Waals surface area contributed by atoms with Gasteiger partial charge in [0.2, 0.25) is 10.0 Å². The van der Waals surface area contributed by atoms with Crippen molar-refractivity contribution in [3.63, 3.8) is 0 Å². The Morgan fingerprint density at radius 1 is 1.08 bits per heavy atom. The Bertz CT molecular complexity index is 879. The van der Waals surface area contributed by atoms with Gasteiger partial charge in [-0.1, -0.05) is 24.3 Å². The molecule has 1 amide bonds. The van der Waals surface area contributed by atoms with E-state index in [1.54, 1.807) is 44.4 Å². The van der Waals surface area contributed by atoms with Gasteiger partial charge in [-0.15, -0.1) is 0 Å². The van der Waals surface area contributed by atoms with Crippen LogP contribution >= 0.6 is 0 Å². The minimum absolute atomic E-state index is 0.110. The van der Waals surface area contributed by atoms with Gasteiger partial charge in [-0.2, -0.15) is 0 Å². The summed E-state index contributed by atoms with van der Waals surface area (Å²) >= 11 is 0. The molecule has 140 valence electrons. The summed E-state index contributed by atoms with van der Waals surface area (Å²) in [6.45, 7) is 4.33. The second-order valence-corrected chi connectivity index (χ2v) is 7.79. The summed E-state index contributed by atoms with van der Waals surface area (Å²) < 4.78 is 32.4. The summed E-state index contributed by atoms with van der Waals surface area (Å²) in [6.07, 6.45) is 0. The fourth-order valence-corrected chi connectivity index (χ4v) is 3.87. The van der Waals surface area contributed by atoms with Crippen molar-refractivity contribution in [2.24, 2.45) is 0 Å². The molecule has 2 aromatic rings. The predicted molar refractivity (Wildman–Crippen MR) is 101 cm³/mol. The van der Waals surface area contributed by atoms with Crippen molar-refractivity contribution < 1.29 is 17.9 Å². The van der Waals surface area contributed by atoms with Gasteiger partial charge in [-0.3, -0.25) is 4.79 Å². The maximum Gasteiger partial charge on any atom is 0.251 e. The number of benzene rings is 2. The third-order valence-electron chi connectivity index (χ3n) is 3.84. The van der Waals surface area contributed by atoms with Crippen LogP contribution in [-0.2, 0) is 21.4 Å². The van der Waals surface area contributed by atoms with Crippen LogP contribution in [0, 0.1) is 13.8 Å². The maximum atomic E-state index is 12.4. The number of amides is 1. The van der Waals surface area contributed by atoms with E-state index in [0.29, 0.717) is 17.7 Å². The Hall–Kier alpha value is -2.22. The first-order valence-corrected chi connectivity index (χ1v) is 9.75. The molecule has 0 aliphatic heterocycles. The summed E-state index contributed by atoms with van der Waals surface area (Å²) in [5.41, 5.74) is 2.97. The molecular formula is C19H24N2O4S. The molecule has 0 aromatic heterocycles. The van der Waals surface area contributed by atoms with Crippen molar-refractivity contribution >= 4 is 15.9 Å². The number of sulfonamides is 1. The molecule has 2 rings (SSSR count). The zero-order valence-electron chi connectivity index (χ0n) is 15.2. The summed E-state index contributed by atoms with van der Waals surface area (Å²) in [4.78, 5) is 12.4. The van der Waals surface area contributed by atoms with E-state index in [-0.39, 0.29) is 23.9 Å². The van der Waals surface area contributed by atoms with Crippen molar-refractivity contribution in [1.29, 1.82) is 0 Å². The van der Waals surface area contributed by atoms with E-state index in [0.717, 1.165) is 11.1 Å². The first-order valence-electron chi connectivity index (χ1n) is 8.26. The molecule has 0 heterocycles. The topological polar surface area (TPSA) is 84.5 Å². The molecule has 0 aliphatic carbocycles. The SMILES string of the molecule is COCc1cccc(C(=O)NCCNS(=O)(=O)c2cc(C)ccc2C)c1. The molecule has 0 bridgehead atoms. The normalized spacial score (nSPS) is 11.3. The zero-order chi connectivity index (χ0) is 19.2. The van der Waals surface area contributed by atoms with Gasteiger partial charge in [-0.25, -0.2) is 13.1 Å². The van der Waals surface area contributed by atoms with Crippen molar-refractivity contribution in [1.82, 2.24) is 10.0 Å². The van der Waals surface area contributed by atoms with Crippen LogP contribution in [0.4, 0.5) is 0 Å². The van der Waals surface area contributed by atoms with Crippen LogP contribution in [0.2, 0.25) is 0 Å². The van der Waals surface area contributed by atoms with E-state index >= 15 is 0 Å². The summed E-state index contributed by atoms with van der Waals surface area (Å²) in [6, 6.07) is 12.4. The molecule has 7 heteroatoms. The van der Waals surface area contributed by atoms with E-state index in [4.69, 9.17) is 4.74 Å². The van der Waals surface area contributed by atoms with Crippen molar-refractivity contribution in [2.45, 2.75) is 25.3 Å². The molecule has 6 nitrogen and oxygen atoms in total. The minimum atomic E-state index is -3.61. The summed E-state index contributed by atoms with van der Waals surface area (Å²) in [7, 11) is -2.02. The number of nitrogens with one attached hydrogen (secondary N) is 2. The third kappa shape index (κ3) is 5.39. The molecule has 0 radical (unpaired) electrons. The summed E-state index contributed by atoms with van der Waals surface area (Å²) in [5.74, 6) is -0.256. The van der Waals surface area contributed by atoms with Gasteiger partial charge in [0, 0.05) is 25.8 Å². The number of ether oxygens (including phenoxy) is 1. The zero-order valence-corrected chi connectivity index (χ0v) is 16.0. The highest BCUT2D eigenvalue weighted by Crippen LogP contribution is 2.16. The Labute approximate surface area is 154 Å². The first-order chi connectivity index (χ1) is 12.3. The number of aryl methyl sites for hydroxylation is 2. The third-order valence-corrected chi connectivity index (χ3v) is 5.44. The van der Waals surface area contributed by atoms with Gasteiger partial charge in [-0.05, 0) is 48.7 Å². The number of hydrogen-bond acceptors (Lipinski definition) is 4. The van der Waals surface area contributed by atoms with Crippen LogP contribution < -0.4 is 10.0 Å². The number of carbonyl (C=O) groups excluding carboxylic acids is 1. The molecule has 0 unspecified atom stereocenters. The lowest BCUT2D eigenvalue weighted by Crippen LogP contribution is -2.35. The van der Waals surface area contributed by atoms with Gasteiger partial charge >= 0.3 is 0 Å². The molecule has 2 N–H and O–H groups in total. The Morgan fingerprint density at radius 3 is 2.58 bits per heavy atom. The largest absolute Gasteiger partial charge is 0.380 e. The molecular weight excluding hydrogens is 352 g/mol. The Morgan fingerprint density at radius 2 is 1.85 bits per heavy atom. The van der Waals surface area contributed by atoms with Crippen LogP contribution in [0.25, 0.3) is 0 Å². The smallest absolute Gasteiger partial charge is 0.251 e. The Kier molecular flexibility index (Phi) is 6.90. The molecule has 0 saturated carbocycles.